The molecular weight excluding hydrogens is 204 g/mol. The summed E-state index contributed by atoms with van der Waals surface area (Å²) in [5, 5.41) is 6.89. The molecule has 0 atom stereocenters. The van der Waals surface area contributed by atoms with Crippen LogP contribution in [0.25, 0.3) is 0 Å². The van der Waals surface area contributed by atoms with Gasteiger partial charge in [0.1, 0.15) is 0 Å². The molecule has 0 fully saturated rings. The molecular formula is C12H22N2S. The van der Waals surface area contributed by atoms with Gasteiger partial charge in [-0.15, -0.1) is 11.3 Å². The normalized spacial score (nSPS) is 11.2. The number of hydrogen-bond donors (Lipinski definition) is 1. The van der Waals surface area contributed by atoms with E-state index in [1.165, 1.54) is 30.0 Å². The van der Waals surface area contributed by atoms with Crippen molar-refractivity contribution in [3.05, 3.63) is 16.1 Å². The molecule has 0 radical (unpaired) electrons. The molecule has 1 heterocycles. The third-order valence-corrected chi connectivity index (χ3v) is 3.69. The third-order valence-electron chi connectivity index (χ3n) is 2.64. The molecule has 0 aliphatic rings. The number of aromatic nitrogens is 1. The van der Waals surface area contributed by atoms with E-state index in [9.17, 15) is 0 Å². The SMILES string of the molecule is CCCNCc1csc(C(CC)CC)n1. The maximum Gasteiger partial charge on any atom is 0.0959 e. The highest BCUT2D eigenvalue weighted by atomic mass is 32.1. The first-order valence-corrected chi connectivity index (χ1v) is 6.84. The molecule has 15 heavy (non-hydrogen) atoms. The van der Waals surface area contributed by atoms with E-state index < -0.39 is 0 Å². The fourth-order valence-corrected chi connectivity index (χ4v) is 2.71. The number of thiazole rings is 1. The van der Waals surface area contributed by atoms with Crippen LogP contribution in [0.5, 0.6) is 0 Å². The Bertz CT molecular complexity index is 266. The van der Waals surface area contributed by atoms with Gasteiger partial charge in [0.2, 0.25) is 0 Å². The molecule has 0 spiro atoms. The lowest BCUT2D eigenvalue weighted by atomic mass is 10.1. The molecule has 1 N–H and O–H groups in total. The van der Waals surface area contributed by atoms with E-state index in [1.54, 1.807) is 0 Å². The highest BCUT2D eigenvalue weighted by molar-refractivity contribution is 7.09. The van der Waals surface area contributed by atoms with Crippen molar-refractivity contribution in [3.8, 4) is 0 Å². The molecule has 2 nitrogen and oxygen atoms in total. The number of nitrogens with zero attached hydrogens (tertiary/aromatic N) is 1. The van der Waals surface area contributed by atoms with Crippen LogP contribution in [0.15, 0.2) is 5.38 Å². The standard InChI is InChI=1S/C12H22N2S/c1-4-7-13-8-11-9-15-12(14-11)10(5-2)6-3/h9-10,13H,4-8H2,1-3H3. The van der Waals surface area contributed by atoms with Crippen LogP contribution < -0.4 is 5.32 Å². The summed E-state index contributed by atoms with van der Waals surface area (Å²) >= 11 is 1.81. The van der Waals surface area contributed by atoms with Crippen LogP contribution in [-0.4, -0.2) is 11.5 Å². The Morgan fingerprint density at radius 3 is 2.67 bits per heavy atom. The van der Waals surface area contributed by atoms with Gasteiger partial charge in [-0.25, -0.2) is 4.98 Å². The van der Waals surface area contributed by atoms with E-state index in [0.29, 0.717) is 5.92 Å². The van der Waals surface area contributed by atoms with Crippen molar-refractivity contribution < 1.29 is 0 Å². The molecule has 0 aromatic carbocycles. The first kappa shape index (κ1) is 12.7. The van der Waals surface area contributed by atoms with Crippen LogP contribution in [0, 0.1) is 0 Å². The predicted molar refractivity (Wildman–Crippen MR) is 67.4 cm³/mol. The van der Waals surface area contributed by atoms with Gasteiger partial charge >= 0.3 is 0 Å². The fraction of sp³-hybridized carbons (Fsp3) is 0.750. The Balaban J connectivity index is 2.47. The monoisotopic (exact) mass is 226 g/mol. The van der Waals surface area contributed by atoms with Crippen LogP contribution in [0.4, 0.5) is 0 Å². The van der Waals surface area contributed by atoms with Gasteiger partial charge in [-0.2, -0.15) is 0 Å². The number of hydrogen-bond acceptors (Lipinski definition) is 3. The topological polar surface area (TPSA) is 24.9 Å². The molecule has 0 saturated carbocycles. The van der Waals surface area contributed by atoms with Crippen molar-refractivity contribution in [3.63, 3.8) is 0 Å². The van der Waals surface area contributed by atoms with E-state index in [-0.39, 0.29) is 0 Å². The highest BCUT2D eigenvalue weighted by Gasteiger charge is 2.11. The summed E-state index contributed by atoms with van der Waals surface area (Å²) < 4.78 is 0. The molecule has 0 unspecified atom stereocenters. The molecule has 1 aromatic heterocycles. The first-order valence-electron chi connectivity index (χ1n) is 5.96. The lowest BCUT2D eigenvalue weighted by molar-refractivity contribution is 0.626. The van der Waals surface area contributed by atoms with Crippen LogP contribution in [-0.2, 0) is 6.54 Å². The Labute approximate surface area is 97.1 Å². The van der Waals surface area contributed by atoms with Crippen molar-refractivity contribution in [1.82, 2.24) is 10.3 Å². The molecule has 1 rings (SSSR count). The van der Waals surface area contributed by atoms with Gasteiger partial charge in [-0.3, -0.25) is 0 Å². The van der Waals surface area contributed by atoms with E-state index in [4.69, 9.17) is 0 Å². The maximum atomic E-state index is 4.68. The lowest BCUT2D eigenvalue weighted by Gasteiger charge is -2.07. The Hall–Kier alpha value is -0.410. The van der Waals surface area contributed by atoms with Crippen molar-refractivity contribution in [1.29, 1.82) is 0 Å². The van der Waals surface area contributed by atoms with Gasteiger partial charge in [0.05, 0.1) is 10.7 Å². The smallest absolute Gasteiger partial charge is 0.0959 e. The zero-order chi connectivity index (χ0) is 11.1. The van der Waals surface area contributed by atoms with E-state index >= 15 is 0 Å². The second-order valence-corrected chi connectivity index (χ2v) is 4.76. The van der Waals surface area contributed by atoms with E-state index in [0.717, 1.165) is 13.1 Å². The van der Waals surface area contributed by atoms with Crippen molar-refractivity contribution in [2.45, 2.75) is 52.5 Å². The average molecular weight is 226 g/mol. The molecule has 1 aromatic rings. The Kier molecular flexibility index (Phi) is 5.88. The average Bonchev–Trinajstić information content (AvgIpc) is 2.69. The van der Waals surface area contributed by atoms with Crippen molar-refractivity contribution in [2.75, 3.05) is 6.54 Å². The summed E-state index contributed by atoms with van der Waals surface area (Å²) in [5.41, 5.74) is 1.20. The molecule has 0 saturated heterocycles. The molecule has 0 aliphatic carbocycles. The van der Waals surface area contributed by atoms with Crippen molar-refractivity contribution >= 4 is 11.3 Å². The maximum absolute atomic E-state index is 4.68. The zero-order valence-electron chi connectivity index (χ0n) is 10.0. The molecule has 0 bridgehead atoms. The predicted octanol–water partition coefficient (Wildman–Crippen LogP) is 3.55. The van der Waals surface area contributed by atoms with Crippen LogP contribution in [0.2, 0.25) is 0 Å². The van der Waals surface area contributed by atoms with Gasteiger partial charge < -0.3 is 5.32 Å². The molecule has 0 aliphatic heterocycles. The first-order chi connectivity index (χ1) is 7.31. The number of rotatable bonds is 7. The summed E-state index contributed by atoms with van der Waals surface area (Å²) in [6, 6.07) is 0. The van der Waals surface area contributed by atoms with E-state index in [1.807, 2.05) is 11.3 Å². The second kappa shape index (κ2) is 6.96. The summed E-state index contributed by atoms with van der Waals surface area (Å²) in [5.74, 6) is 0.662. The zero-order valence-corrected chi connectivity index (χ0v) is 10.9. The summed E-state index contributed by atoms with van der Waals surface area (Å²) in [7, 11) is 0. The lowest BCUT2D eigenvalue weighted by Crippen LogP contribution is -2.14. The van der Waals surface area contributed by atoms with Gasteiger partial charge in [0.25, 0.3) is 0 Å². The summed E-state index contributed by atoms with van der Waals surface area (Å²) in [6.07, 6.45) is 3.58. The van der Waals surface area contributed by atoms with Crippen molar-refractivity contribution in [2.24, 2.45) is 0 Å². The molecule has 0 amide bonds. The van der Waals surface area contributed by atoms with Crippen LogP contribution in [0.1, 0.15) is 56.7 Å². The van der Waals surface area contributed by atoms with Crippen LogP contribution in [0.3, 0.4) is 0 Å². The minimum absolute atomic E-state index is 0.662. The molecule has 86 valence electrons. The Morgan fingerprint density at radius 2 is 2.07 bits per heavy atom. The summed E-state index contributed by atoms with van der Waals surface area (Å²) in [6.45, 7) is 8.67. The number of nitrogens with one attached hydrogen (secondary N) is 1. The van der Waals surface area contributed by atoms with Crippen LogP contribution >= 0.6 is 11.3 Å². The van der Waals surface area contributed by atoms with Gasteiger partial charge in [0.15, 0.2) is 0 Å². The van der Waals surface area contributed by atoms with E-state index in [2.05, 4.69) is 36.5 Å². The fourth-order valence-electron chi connectivity index (χ4n) is 1.62. The minimum atomic E-state index is 0.662. The Morgan fingerprint density at radius 1 is 1.33 bits per heavy atom. The third kappa shape index (κ3) is 3.92. The highest BCUT2D eigenvalue weighted by Crippen LogP contribution is 2.25. The van der Waals surface area contributed by atoms with Gasteiger partial charge in [0, 0.05) is 17.8 Å². The quantitative estimate of drug-likeness (QED) is 0.719. The largest absolute Gasteiger partial charge is 0.311 e. The summed E-state index contributed by atoms with van der Waals surface area (Å²) in [4.78, 5) is 4.68. The van der Waals surface area contributed by atoms with Gasteiger partial charge in [-0.1, -0.05) is 20.8 Å². The minimum Gasteiger partial charge on any atom is -0.311 e. The molecule has 3 heteroatoms. The van der Waals surface area contributed by atoms with Gasteiger partial charge in [-0.05, 0) is 25.8 Å². The second-order valence-electron chi connectivity index (χ2n) is 3.87.